The highest BCUT2D eigenvalue weighted by molar-refractivity contribution is 6.00. The van der Waals surface area contributed by atoms with Gasteiger partial charge in [0.1, 0.15) is 12.8 Å². The van der Waals surface area contributed by atoms with Crippen molar-refractivity contribution in [2.24, 2.45) is 5.16 Å². The Morgan fingerprint density at radius 1 is 0.897 bits per heavy atom. The standard InChI is InChI=1S/C31H44N4O4/c1-39-33-27(18-19-29(36)37)30-31(38)35(28-17-10-9-16-26(28)32-30)25-20-23-14-11-15-24(21-25)34(23)22-12-7-5-3-2-4-6-8-13-22/h9-10,16-17,22-25H,2-8,11-15,18-21H2,1H3,(H,36,37)/b33-27+. The Morgan fingerprint density at radius 2 is 1.51 bits per heavy atom. The van der Waals surface area contributed by atoms with E-state index in [-0.39, 0.29) is 30.1 Å². The van der Waals surface area contributed by atoms with Crippen molar-refractivity contribution in [1.82, 2.24) is 14.5 Å². The number of carboxylic acid groups (broad SMARTS) is 1. The Hall–Kier alpha value is -2.74. The minimum absolute atomic E-state index is 0.0819. The second kappa shape index (κ2) is 13.1. The number of fused-ring (bicyclic) bond motifs is 3. The first-order valence-corrected chi connectivity index (χ1v) is 15.2. The van der Waals surface area contributed by atoms with Gasteiger partial charge in [0.15, 0.2) is 5.69 Å². The molecule has 2 aliphatic heterocycles. The van der Waals surface area contributed by atoms with Crippen LogP contribution >= 0.6 is 0 Å². The van der Waals surface area contributed by atoms with E-state index in [4.69, 9.17) is 4.84 Å². The average molecular weight is 537 g/mol. The third kappa shape index (κ3) is 6.37. The summed E-state index contributed by atoms with van der Waals surface area (Å²) in [6, 6.07) is 9.54. The van der Waals surface area contributed by atoms with E-state index in [1.54, 1.807) is 0 Å². The van der Waals surface area contributed by atoms with Crippen molar-refractivity contribution < 1.29 is 14.7 Å². The molecule has 3 aliphatic rings. The number of nitrogens with zero attached hydrogens (tertiary/aromatic N) is 4. The van der Waals surface area contributed by atoms with Crippen LogP contribution in [0.4, 0.5) is 0 Å². The number of carboxylic acids is 1. The number of aliphatic carboxylic acids is 1. The predicted octanol–water partition coefficient (Wildman–Crippen LogP) is 6.06. The molecule has 1 aromatic carbocycles. The number of oxime groups is 1. The fourth-order valence-electron chi connectivity index (χ4n) is 7.53. The molecule has 2 aromatic rings. The average Bonchev–Trinajstić information content (AvgIpc) is 2.93. The van der Waals surface area contributed by atoms with Crippen LogP contribution in [-0.2, 0) is 9.63 Å². The van der Waals surface area contributed by atoms with Gasteiger partial charge in [0.25, 0.3) is 5.56 Å². The second-order valence-electron chi connectivity index (χ2n) is 11.8. The first kappa shape index (κ1) is 27.8. The van der Waals surface area contributed by atoms with E-state index >= 15 is 0 Å². The lowest BCUT2D eigenvalue weighted by Gasteiger charge is -2.53. The molecule has 1 aliphatic carbocycles. The first-order valence-electron chi connectivity index (χ1n) is 15.2. The number of piperidine rings is 2. The van der Waals surface area contributed by atoms with Crippen molar-refractivity contribution in [3.63, 3.8) is 0 Å². The quantitative estimate of drug-likeness (QED) is 0.341. The topological polar surface area (TPSA) is 97.0 Å². The van der Waals surface area contributed by atoms with Crippen LogP contribution in [0.15, 0.2) is 34.2 Å². The molecular formula is C31H44N4O4. The van der Waals surface area contributed by atoms with Gasteiger partial charge in [-0.05, 0) is 50.7 Å². The van der Waals surface area contributed by atoms with Gasteiger partial charge in [-0.25, -0.2) is 4.98 Å². The highest BCUT2D eigenvalue weighted by Gasteiger charge is 2.42. The summed E-state index contributed by atoms with van der Waals surface area (Å²) in [6.07, 6.45) is 17.7. The third-order valence-electron chi connectivity index (χ3n) is 9.21. The number of benzene rings is 1. The fourth-order valence-corrected chi connectivity index (χ4v) is 7.53. The summed E-state index contributed by atoms with van der Waals surface area (Å²) in [7, 11) is 1.41. The van der Waals surface area contributed by atoms with Gasteiger partial charge in [0.2, 0.25) is 0 Å². The van der Waals surface area contributed by atoms with Crippen molar-refractivity contribution >= 4 is 22.7 Å². The van der Waals surface area contributed by atoms with Crippen LogP contribution in [0.2, 0.25) is 0 Å². The summed E-state index contributed by atoms with van der Waals surface area (Å²) in [6.45, 7) is 0. The van der Waals surface area contributed by atoms with Crippen LogP contribution in [0.5, 0.6) is 0 Å². The van der Waals surface area contributed by atoms with Crippen molar-refractivity contribution in [2.75, 3.05) is 7.11 Å². The zero-order valence-corrected chi connectivity index (χ0v) is 23.4. The number of aromatic nitrogens is 2. The van der Waals surface area contributed by atoms with Gasteiger partial charge >= 0.3 is 5.97 Å². The molecule has 2 bridgehead atoms. The zero-order valence-electron chi connectivity index (χ0n) is 23.4. The zero-order chi connectivity index (χ0) is 27.2. The largest absolute Gasteiger partial charge is 0.481 e. The minimum atomic E-state index is -0.944. The Kier molecular flexibility index (Phi) is 9.32. The van der Waals surface area contributed by atoms with Crippen molar-refractivity contribution in [2.45, 2.75) is 127 Å². The van der Waals surface area contributed by atoms with Crippen LogP contribution in [0.1, 0.15) is 114 Å². The van der Waals surface area contributed by atoms with Gasteiger partial charge in [-0.15, -0.1) is 0 Å². The Labute approximate surface area is 231 Å². The number of hydrogen-bond acceptors (Lipinski definition) is 6. The Balaban J connectivity index is 1.48. The van der Waals surface area contributed by atoms with Crippen LogP contribution in [0.25, 0.3) is 11.0 Å². The Morgan fingerprint density at radius 3 is 2.15 bits per heavy atom. The van der Waals surface area contributed by atoms with Gasteiger partial charge in [0.05, 0.1) is 17.5 Å². The maximum atomic E-state index is 14.1. The van der Waals surface area contributed by atoms with Crippen LogP contribution < -0.4 is 5.56 Å². The smallest absolute Gasteiger partial charge is 0.303 e. The molecule has 1 N–H and O–H groups in total. The maximum absolute atomic E-state index is 14.1. The molecule has 2 saturated heterocycles. The molecule has 3 heterocycles. The molecule has 8 nitrogen and oxygen atoms in total. The Bertz CT molecular complexity index is 1200. The SMILES string of the molecule is CO/N=C(\CCC(=O)O)c1nc2ccccc2n(C2CC3CCCC(C2)N3C2CCCCCCCCC2)c1=O. The van der Waals surface area contributed by atoms with E-state index in [0.717, 1.165) is 23.9 Å². The minimum Gasteiger partial charge on any atom is -0.481 e. The summed E-state index contributed by atoms with van der Waals surface area (Å²) in [5.74, 6) is -0.944. The van der Waals surface area contributed by atoms with Crippen molar-refractivity contribution in [3.05, 3.63) is 40.3 Å². The summed E-state index contributed by atoms with van der Waals surface area (Å²) in [5, 5.41) is 13.3. The van der Waals surface area contributed by atoms with E-state index in [9.17, 15) is 14.7 Å². The number of carbonyl (C=O) groups is 1. The molecule has 2 atom stereocenters. The predicted molar refractivity (Wildman–Crippen MR) is 153 cm³/mol. The molecule has 1 aromatic heterocycles. The normalized spacial score (nSPS) is 25.9. The molecule has 1 saturated carbocycles. The van der Waals surface area contributed by atoms with Gasteiger partial charge in [-0.1, -0.05) is 68.7 Å². The van der Waals surface area contributed by atoms with Gasteiger partial charge in [-0.2, -0.15) is 0 Å². The molecule has 2 unspecified atom stereocenters. The molecule has 8 heteroatoms. The highest BCUT2D eigenvalue weighted by atomic mass is 16.6. The summed E-state index contributed by atoms with van der Waals surface area (Å²) in [4.78, 5) is 38.0. The van der Waals surface area contributed by atoms with E-state index in [1.807, 2.05) is 28.8 Å². The molecule has 212 valence electrons. The number of hydrogen-bond donors (Lipinski definition) is 1. The lowest BCUT2D eigenvalue weighted by molar-refractivity contribution is -0.136. The summed E-state index contributed by atoms with van der Waals surface area (Å²) in [5.41, 5.74) is 1.88. The van der Waals surface area contributed by atoms with Gasteiger partial charge in [0, 0.05) is 30.6 Å². The van der Waals surface area contributed by atoms with E-state index in [1.165, 1.54) is 84.2 Å². The third-order valence-corrected chi connectivity index (χ3v) is 9.21. The lowest BCUT2D eigenvalue weighted by Crippen LogP contribution is -2.57. The van der Waals surface area contributed by atoms with Gasteiger partial charge < -0.3 is 14.5 Å². The van der Waals surface area contributed by atoms with Crippen molar-refractivity contribution in [3.8, 4) is 0 Å². The first-order chi connectivity index (χ1) is 19.1. The van der Waals surface area contributed by atoms with Crippen molar-refractivity contribution in [1.29, 1.82) is 0 Å². The van der Waals surface area contributed by atoms with E-state index < -0.39 is 5.97 Å². The second-order valence-corrected chi connectivity index (χ2v) is 11.8. The van der Waals surface area contributed by atoms with E-state index in [0.29, 0.717) is 23.8 Å². The maximum Gasteiger partial charge on any atom is 0.303 e. The molecule has 0 radical (unpaired) electrons. The van der Waals surface area contributed by atoms with Crippen LogP contribution in [0.3, 0.4) is 0 Å². The van der Waals surface area contributed by atoms with Crippen LogP contribution in [-0.4, -0.2) is 56.5 Å². The fraction of sp³-hybridized carbons (Fsp3) is 0.677. The molecule has 0 amide bonds. The molecule has 0 spiro atoms. The molecule has 5 rings (SSSR count). The molecular weight excluding hydrogens is 492 g/mol. The lowest BCUT2D eigenvalue weighted by atomic mass is 9.79. The number of rotatable bonds is 7. The molecule has 3 fully saturated rings. The summed E-state index contributed by atoms with van der Waals surface area (Å²) >= 11 is 0. The monoisotopic (exact) mass is 536 g/mol. The number of para-hydroxylation sites is 2. The van der Waals surface area contributed by atoms with Crippen LogP contribution in [0, 0.1) is 0 Å². The molecule has 39 heavy (non-hydrogen) atoms. The van der Waals surface area contributed by atoms with E-state index in [2.05, 4.69) is 15.0 Å². The van der Waals surface area contributed by atoms with Gasteiger partial charge in [-0.3, -0.25) is 14.5 Å². The summed E-state index contributed by atoms with van der Waals surface area (Å²) < 4.78 is 1.96. The highest BCUT2D eigenvalue weighted by Crippen LogP contribution is 2.42.